The predicted octanol–water partition coefficient (Wildman–Crippen LogP) is 2.05. The molecular formula is C19H31N5O3. The Morgan fingerprint density at radius 2 is 2.00 bits per heavy atom. The molecule has 2 atom stereocenters. The summed E-state index contributed by atoms with van der Waals surface area (Å²) in [6.45, 7) is 2.78. The second kappa shape index (κ2) is 9.32. The van der Waals surface area contributed by atoms with Crippen LogP contribution >= 0.6 is 0 Å². The molecule has 2 saturated carbocycles. The normalized spacial score (nSPS) is 28.5. The Balaban J connectivity index is 1.65. The van der Waals surface area contributed by atoms with Crippen LogP contribution in [0.15, 0.2) is 6.20 Å². The third-order valence-corrected chi connectivity index (χ3v) is 5.45. The zero-order valence-electron chi connectivity index (χ0n) is 16.0. The van der Waals surface area contributed by atoms with E-state index in [0.717, 1.165) is 51.6 Å². The van der Waals surface area contributed by atoms with Gasteiger partial charge in [0.15, 0.2) is 0 Å². The van der Waals surface area contributed by atoms with E-state index in [-0.39, 0.29) is 17.7 Å². The lowest BCUT2D eigenvalue weighted by molar-refractivity contribution is 0.0346. The average Bonchev–Trinajstić information content (AvgIpc) is 2.63. The number of amides is 1. The number of carbonyl (C=O) groups is 1. The molecule has 5 N–H and O–H groups in total. The lowest BCUT2D eigenvalue weighted by Crippen LogP contribution is -2.32. The number of primary amides is 1. The van der Waals surface area contributed by atoms with E-state index < -0.39 is 5.91 Å². The van der Waals surface area contributed by atoms with Gasteiger partial charge in [0.2, 0.25) is 5.95 Å². The van der Waals surface area contributed by atoms with Gasteiger partial charge in [0.05, 0.1) is 17.8 Å². The molecule has 3 rings (SSSR count). The topological polar surface area (TPSA) is 122 Å². The van der Waals surface area contributed by atoms with E-state index in [2.05, 4.69) is 20.6 Å². The Morgan fingerprint density at radius 1 is 1.22 bits per heavy atom. The number of ether oxygens (including phenoxy) is 1. The van der Waals surface area contributed by atoms with Crippen molar-refractivity contribution >= 4 is 17.7 Å². The van der Waals surface area contributed by atoms with E-state index in [9.17, 15) is 9.90 Å². The summed E-state index contributed by atoms with van der Waals surface area (Å²) in [5.74, 6) is 0.387. The maximum atomic E-state index is 11.7. The van der Waals surface area contributed by atoms with Gasteiger partial charge in [-0.3, -0.25) is 4.79 Å². The van der Waals surface area contributed by atoms with Gasteiger partial charge >= 0.3 is 0 Å². The Bertz CT molecular complexity index is 634. The molecule has 1 aromatic heterocycles. The van der Waals surface area contributed by atoms with Gasteiger partial charge in [0.1, 0.15) is 5.82 Å². The van der Waals surface area contributed by atoms with Crippen LogP contribution in [0.5, 0.6) is 0 Å². The van der Waals surface area contributed by atoms with Crippen molar-refractivity contribution in [3.63, 3.8) is 0 Å². The Morgan fingerprint density at radius 3 is 2.67 bits per heavy atom. The molecule has 8 heteroatoms. The van der Waals surface area contributed by atoms with E-state index in [1.807, 2.05) is 6.92 Å². The van der Waals surface area contributed by atoms with Crippen LogP contribution in [0.4, 0.5) is 11.8 Å². The number of hydrogen-bond acceptors (Lipinski definition) is 7. The van der Waals surface area contributed by atoms with Crippen LogP contribution < -0.4 is 16.4 Å². The number of anilines is 2. The van der Waals surface area contributed by atoms with Crippen LogP contribution in [-0.4, -0.2) is 51.9 Å². The van der Waals surface area contributed by atoms with E-state index in [1.54, 1.807) is 0 Å². The van der Waals surface area contributed by atoms with Gasteiger partial charge in [0.25, 0.3) is 5.91 Å². The first-order valence-electron chi connectivity index (χ1n) is 10.0. The standard InChI is InChI=1S/C19H31N5O3/c1-2-27-15-8-6-12(7-9-15)23-19-21-11-16(17(20)26)18(24-19)22-13-4-3-5-14(25)10-13/h11-15,25H,2-10H2,1H3,(H2,20,26)(H2,21,22,23,24). The van der Waals surface area contributed by atoms with E-state index in [4.69, 9.17) is 10.5 Å². The number of aliphatic hydroxyl groups is 1. The number of rotatable bonds is 7. The fraction of sp³-hybridized carbons (Fsp3) is 0.737. The minimum absolute atomic E-state index is 0.0798. The zero-order chi connectivity index (χ0) is 19.2. The maximum Gasteiger partial charge on any atom is 0.254 e. The summed E-state index contributed by atoms with van der Waals surface area (Å²) in [5.41, 5.74) is 5.76. The van der Waals surface area contributed by atoms with E-state index in [0.29, 0.717) is 30.3 Å². The zero-order valence-corrected chi connectivity index (χ0v) is 16.0. The van der Waals surface area contributed by atoms with E-state index >= 15 is 0 Å². The van der Waals surface area contributed by atoms with Crippen molar-refractivity contribution in [1.29, 1.82) is 0 Å². The quantitative estimate of drug-likeness (QED) is 0.573. The number of nitrogens with two attached hydrogens (primary N) is 1. The van der Waals surface area contributed by atoms with Gasteiger partial charge < -0.3 is 26.2 Å². The van der Waals surface area contributed by atoms with Gasteiger partial charge in [-0.15, -0.1) is 0 Å². The third-order valence-electron chi connectivity index (χ3n) is 5.45. The van der Waals surface area contributed by atoms with Crippen LogP contribution in [0, 0.1) is 0 Å². The number of aromatic nitrogens is 2. The van der Waals surface area contributed by atoms with Crippen molar-refractivity contribution in [2.24, 2.45) is 5.73 Å². The fourth-order valence-corrected chi connectivity index (χ4v) is 4.02. The van der Waals surface area contributed by atoms with Crippen molar-refractivity contribution in [3.8, 4) is 0 Å². The van der Waals surface area contributed by atoms with Gasteiger partial charge in [0, 0.05) is 24.9 Å². The smallest absolute Gasteiger partial charge is 0.254 e. The molecule has 8 nitrogen and oxygen atoms in total. The summed E-state index contributed by atoms with van der Waals surface area (Å²) < 4.78 is 5.69. The number of hydrogen-bond donors (Lipinski definition) is 4. The maximum absolute atomic E-state index is 11.7. The molecule has 2 aliphatic rings. The second-order valence-electron chi connectivity index (χ2n) is 7.56. The molecule has 150 valence electrons. The molecule has 27 heavy (non-hydrogen) atoms. The van der Waals surface area contributed by atoms with Crippen molar-refractivity contribution in [1.82, 2.24) is 9.97 Å². The molecule has 0 saturated heterocycles. The van der Waals surface area contributed by atoms with Crippen molar-refractivity contribution < 1.29 is 14.6 Å². The fourth-order valence-electron chi connectivity index (χ4n) is 4.02. The van der Waals surface area contributed by atoms with Crippen molar-refractivity contribution in [2.45, 2.75) is 82.6 Å². The van der Waals surface area contributed by atoms with Gasteiger partial charge in [-0.05, 0) is 58.3 Å². The van der Waals surface area contributed by atoms with Gasteiger partial charge in [-0.1, -0.05) is 0 Å². The summed E-state index contributed by atoms with van der Waals surface area (Å²) in [6, 6.07) is 0.377. The molecule has 0 bridgehead atoms. The largest absolute Gasteiger partial charge is 0.393 e. The highest BCUT2D eigenvalue weighted by Crippen LogP contribution is 2.26. The van der Waals surface area contributed by atoms with Crippen LogP contribution in [0.2, 0.25) is 0 Å². The highest BCUT2D eigenvalue weighted by molar-refractivity contribution is 5.97. The molecule has 1 heterocycles. The highest BCUT2D eigenvalue weighted by atomic mass is 16.5. The van der Waals surface area contributed by atoms with Gasteiger partial charge in [-0.2, -0.15) is 4.98 Å². The summed E-state index contributed by atoms with van der Waals surface area (Å²) in [4.78, 5) is 20.5. The van der Waals surface area contributed by atoms with Crippen LogP contribution in [0.3, 0.4) is 0 Å². The first-order valence-corrected chi connectivity index (χ1v) is 10.0. The highest BCUT2D eigenvalue weighted by Gasteiger charge is 2.24. The molecule has 1 amide bonds. The Kier molecular flexibility index (Phi) is 6.84. The minimum Gasteiger partial charge on any atom is -0.393 e. The van der Waals surface area contributed by atoms with Gasteiger partial charge in [-0.25, -0.2) is 4.98 Å². The van der Waals surface area contributed by atoms with E-state index in [1.165, 1.54) is 6.20 Å². The van der Waals surface area contributed by atoms with Crippen molar-refractivity contribution in [2.75, 3.05) is 17.2 Å². The SMILES string of the molecule is CCOC1CCC(Nc2ncc(C(N)=O)c(NC3CCCC(O)C3)n2)CC1. The lowest BCUT2D eigenvalue weighted by Gasteiger charge is -2.29. The summed E-state index contributed by atoms with van der Waals surface area (Å²) in [7, 11) is 0. The molecule has 0 aromatic carbocycles. The molecule has 2 unspecified atom stereocenters. The lowest BCUT2D eigenvalue weighted by atomic mass is 9.93. The first-order chi connectivity index (χ1) is 13.0. The van der Waals surface area contributed by atoms with Crippen LogP contribution in [0.1, 0.15) is 68.6 Å². The number of carbonyl (C=O) groups excluding carboxylic acids is 1. The predicted molar refractivity (Wildman–Crippen MR) is 104 cm³/mol. The summed E-state index contributed by atoms with van der Waals surface area (Å²) in [6.07, 6.45) is 8.92. The molecule has 1 aromatic rings. The first kappa shape index (κ1) is 19.8. The second-order valence-corrected chi connectivity index (χ2v) is 7.56. The number of nitrogens with zero attached hydrogens (tertiary/aromatic N) is 2. The van der Waals surface area contributed by atoms with Crippen LogP contribution in [0.25, 0.3) is 0 Å². The molecule has 2 aliphatic carbocycles. The Hall–Kier alpha value is -1.93. The summed E-state index contributed by atoms with van der Waals surface area (Å²) in [5, 5.41) is 16.5. The monoisotopic (exact) mass is 377 g/mol. The molecular weight excluding hydrogens is 346 g/mol. The van der Waals surface area contributed by atoms with Crippen molar-refractivity contribution in [3.05, 3.63) is 11.8 Å². The number of nitrogens with one attached hydrogen (secondary N) is 2. The summed E-state index contributed by atoms with van der Waals surface area (Å²) >= 11 is 0. The molecule has 2 fully saturated rings. The average molecular weight is 377 g/mol. The number of aliphatic hydroxyl groups excluding tert-OH is 1. The Labute approximate surface area is 160 Å². The molecule has 0 spiro atoms. The molecule has 0 aliphatic heterocycles. The third kappa shape index (κ3) is 5.52. The molecule has 0 radical (unpaired) electrons. The van der Waals surface area contributed by atoms with Crippen LogP contribution in [-0.2, 0) is 4.74 Å². The minimum atomic E-state index is -0.558.